The molecular weight excluding hydrogens is 239 g/mol. The first kappa shape index (κ1) is 14.5. The van der Waals surface area contributed by atoms with Crippen LogP contribution in [0.2, 0.25) is 0 Å². The SMILES string of the molecule is CCC1CNC(C)(CC)CN1Cc1ccc(F)cc1. The van der Waals surface area contributed by atoms with Crippen molar-refractivity contribution in [1.82, 2.24) is 10.2 Å². The Kier molecular flexibility index (Phi) is 4.58. The van der Waals surface area contributed by atoms with Crippen LogP contribution in [0.3, 0.4) is 0 Å². The highest BCUT2D eigenvalue weighted by atomic mass is 19.1. The van der Waals surface area contributed by atoms with Gasteiger partial charge in [0.15, 0.2) is 0 Å². The minimum atomic E-state index is -0.158. The van der Waals surface area contributed by atoms with Crippen molar-refractivity contribution in [2.24, 2.45) is 0 Å². The normalized spacial score (nSPS) is 28.5. The molecule has 0 aromatic heterocycles. The molecule has 1 fully saturated rings. The molecule has 1 N–H and O–H groups in total. The van der Waals surface area contributed by atoms with E-state index in [2.05, 4.69) is 31.0 Å². The highest BCUT2D eigenvalue weighted by Crippen LogP contribution is 2.22. The van der Waals surface area contributed by atoms with Gasteiger partial charge in [-0.3, -0.25) is 4.90 Å². The molecule has 0 radical (unpaired) electrons. The number of hydrogen-bond donors (Lipinski definition) is 1. The molecule has 0 amide bonds. The molecule has 1 aromatic rings. The monoisotopic (exact) mass is 264 g/mol. The topological polar surface area (TPSA) is 15.3 Å². The van der Waals surface area contributed by atoms with Gasteiger partial charge in [-0.15, -0.1) is 0 Å². The zero-order chi connectivity index (χ0) is 13.9. The molecule has 2 atom stereocenters. The Labute approximate surface area is 116 Å². The standard InChI is InChI=1S/C16H25FN2/c1-4-15-10-18-16(3,5-2)12-19(15)11-13-6-8-14(17)9-7-13/h6-9,15,18H,4-5,10-12H2,1-3H3. The maximum atomic E-state index is 13.0. The number of hydrogen-bond acceptors (Lipinski definition) is 2. The van der Waals surface area contributed by atoms with E-state index < -0.39 is 0 Å². The smallest absolute Gasteiger partial charge is 0.123 e. The first-order chi connectivity index (χ1) is 9.06. The second kappa shape index (κ2) is 6.02. The summed E-state index contributed by atoms with van der Waals surface area (Å²) in [6, 6.07) is 7.47. The summed E-state index contributed by atoms with van der Waals surface area (Å²) in [7, 11) is 0. The van der Waals surface area contributed by atoms with Crippen LogP contribution in [-0.4, -0.2) is 29.6 Å². The van der Waals surface area contributed by atoms with Gasteiger partial charge in [-0.2, -0.15) is 0 Å². The van der Waals surface area contributed by atoms with Gasteiger partial charge in [0.05, 0.1) is 0 Å². The number of nitrogens with zero attached hydrogens (tertiary/aromatic N) is 1. The molecule has 0 spiro atoms. The Morgan fingerprint density at radius 3 is 2.58 bits per heavy atom. The van der Waals surface area contributed by atoms with Crippen molar-refractivity contribution in [2.45, 2.75) is 51.7 Å². The van der Waals surface area contributed by atoms with Gasteiger partial charge in [0.1, 0.15) is 5.82 Å². The van der Waals surface area contributed by atoms with Crippen molar-refractivity contribution < 1.29 is 4.39 Å². The lowest BCUT2D eigenvalue weighted by Gasteiger charge is -2.46. The summed E-state index contributed by atoms with van der Waals surface area (Å²) in [5.74, 6) is -0.158. The van der Waals surface area contributed by atoms with Crippen LogP contribution in [0.4, 0.5) is 4.39 Å². The maximum absolute atomic E-state index is 13.0. The van der Waals surface area contributed by atoms with Crippen LogP contribution in [0.15, 0.2) is 24.3 Å². The molecule has 2 unspecified atom stereocenters. The minimum absolute atomic E-state index is 0.158. The molecule has 0 aliphatic carbocycles. The number of nitrogens with one attached hydrogen (secondary N) is 1. The number of piperazine rings is 1. The molecule has 3 heteroatoms. The lowest BCUT2D eigenvalue weighted by Crippen LogP contribution is -2.62. The van der Waals surface area contributed by atoms with Gasteiger partial charge in [-0.1, -0.05) is 26.0 Å². The predicted molar refractivity (Wildman–Crippen MR) is 77.6 cm³/mol. The van der Waals surface area contributed by atoms with Crippen LogP contribution in [-0.2, 0) is 6.54 Å². The van der Waals surface area contributed by atoms with E-state index in [1.54, 1.807) is 12.1 Å². The predicted octanol–water partition coefficient (Wildman–Crippen LogP) is 3.18. The van der Waals surface area contributed by atoms with Crippen LogP contribution < -0.4 is 5.32 Å². The van der Waals surface area contributed by atoms with Gasteiger partial charge >= 0.3 is 0 Å². The van der Waals surface area contributed by atoms with E-state index in [1.165, 1.54) is 5.56 Å². The molecule has 106 valence electrons. The largest absolute Gasteiger partial charge is 0.309 e. The highest BCUT2D eigenvalue weighted by Gasteiger charge is 2.33. The molecule has 19 heavy (non-hydrogen) atoms. The molecule has 0 saturated carbocycles. The first-order valence-electron chi connectivity index (χ1n) is 7.30. The van der Waals surface area contributed by atoms with E-state index in [0.717, 1.165) is 32.5 Å². The third kappa shape index (κ3) is 3.54. The van der Waals surface area contributed by atoms with E-state index >= 15 is 0 Å². The van der Waals surface area contributed by atoms with Gasteiger partial charge in [0.25, 0.3) is 0 Å². The summed E-state index contributed by atoms with van der Waals surface area (Å²) in [6.45, 7) is 9.77. The van der Waals surface area contributed by atoms with Crippen molar-refractivity contribution in [2.75, 3.05) is 13.1 Å². The van der Waals surface area contributed by atoms with Gasteiger partial charge in [-0.25, -0.2) is 4.39 Å². The van der Waals surface area contributed by atoms with Crippen LogP contribution in [0.25, 0.3) is 0 Å². The summed E-state index contributed by atoms with van der Waals surface area (Å²) in [5.41, 5.74) is 1.39. The maximum Gasteiger partial charge on any atom is 0.123 e. The lowest BCUT2D eigenvalue weighted by molar-refractivity contribution is 0.0755. The second-order valence-electron chi connectivity index (χ2n) is 5.89. The lowest BCUT2D eigenvalue weighted by atomic mass is 9.92. The number of benzene rings is 1. The average molecular weight is 264 g/mol. The second-order valence-corrected chi connectivity index (χ2v) is 5.89. The number of halogens is 1. The van der Waals surface area contributed by atoms with Crippen molar-refractivity contribution >= 4 is 0 Å². The number of rotatable bonds is 4. The molecule has 0 bridgehead atoms. The van der Waals surface area contributed by atoms with Gasteiger partial charge in [-0.05, 0) is 37.5 Å². The molecule has 1 aliphatic rings. The Balaban J connectivity index is 2.08. The summed E-state index contributed by atoms with van der Waals surface area (Å²) in [4.78, 5) is 2.53. The molecule has 1 heterocycles. The zero-order valence-electron chi connectivity index (χ0n) is 12.2. The Hall–Kier alpha value is -0.930. The van der Waals surface area contributed by atoms with E-state index in [0.29, 0.717) is 6.04 Å². The quantitative estimate of drug-likeness (QED) is 0.898. The van der Waals surface area contributed by atoms with Crippen LogP contribution >= 0.6 is 0 Å². The van der Waals surface area contributed by atoms with Gasteiger partial charge in [0, 0.05) is 31.2 Å². The van der Waals surface area contributed by atoms with E-state index in [4.69, 9.17) is 0 Å². The van der Waals surface area contributed by atoms with Crippen molar-refractivity contribution in [1.29, 1.82) is 0 Å². The van der Waals surface area contributed by atoms with Gasteiger partial charge in [0.2, 0.25) is 0 Å². The summed E-state index contributed by atoms with van der Waals surface area (Å²) in [6.07, 6.45) is 2.28. The Bertz CT molecular complexity index is 404. The fraction of sp³-hybridized carbons (Fsp3) is 0.625. The van der Waals surface area contributed by atoms with Crippen LogP contribution in [0, 0.1) is 5.82 Å². The van der Waals surface area contributed by atoms with E-state index in [-0.39, 0.29) is 11.4 Å². The summed E-state index contributed by atoms with van der Waals surface area (Å²) in [5, 5.41) is 3.67. The van der Waals surface area contributed by atoms with Crippen molar-refractivity contribution in [3.05, 3.63) is 35.6 Å². The summed E-state index contributed by atoms with van der Waals surface area (Å²) >= 11 is 0. The summed E-state index contributed by atoms with van der Waals surface area (Å²) < 4.78 is 13.0. The molecular formula is C16H25FN2. The fourth-order valence-corrected chi connectivity index (χ4v) is 2.78. The minimum Gasteiger partial charge on any atom is -0.309 e. The van der Waals surface area contributed by atoms with Crippen LogP contribution in [0.5, 0.6) is 0 Å². The first-order valence-corrected chi connectivity index (χ1v) is 7.30. The third-order valence-corrected chi connectivity index (χ3v) is 4.38. The molecule has 2 nitrogen and oxygen atoms in total. The van der Waals surface area contributed by atoms with Gasteiger partial charge < -0.3 is 5.32 Å². The Morgan fingerprint density at radius 2 is 2.00 bits per heavy atom. The molecule has 1 saturated heterocycles. The zero-order valence-corrected chi connectivity index (χ0v) is 12.2. The Morgan fingerprint density at radius 1 is 1.32 bits per heavy atom. The molecule has 1 aromatic carbocycles. The third-order valence-electron chi connectivity index (χ3n) is 4.38. The van der Waals surface area contributed by atoms with E-state index in [9.17, 15) is 4.39 Å². The van der Waals surface area contributed by atoms with Crippen molar-refractivity contribution in [3.63, 3.8) is 0 Å². The average Bonchev–Trinajstić information content (AvgIpc) is 2.42. The van der Waals surface area contributed by atoms with E-state index in [1.807, 2.05) is 12.1 Å². The molecule has 2 rings (SSSR count). The van der Waals surface area contributed by atoms with Crippen molar-refractivity contribution in [3.8, 4) is 0 Å². The fourth-order valence-electron chi connectivity index (χ4n) is 2.78. The van der Waals surface area contributed by atoms with Crippen LogP contribution in [0.1, 0.15) is 39.2 Å². The molecule has 1 aliphatic heterocycles. The highest BCUT2D eigenvalue weighted by molar-refractivity contribution is 5.16.